The minimum absolute atomic E-state index is 0.437. The lowest BCUT2D eigenvalue weighted by molar-refractivity contribution is 0.0596. The summed E-state index contributed by atoms with van der Waals surface area (Å²) >= 11 is 0. The van der Waals surface area contributed by atoms with Crippen molar-refractivity contribution in [3.05, 3.63) is 0 Å². The predicted molar refractivity (Wildman–Crippen MR) is 52.2 cm³/mol. The fourth-order valence-electron chi connectivity index (χ4n) is 2.12. The Morgan fingerprint density at radius 1 is 1.08 bits per heavy atom. The molecule has 1 heteroatoms. The molecule has 0 aliphatic heterocycles. The molecule has 0 heterocycles. The molecule has 1 rings (SSSR count). The summed E-state index contributed by atoms with van der Waals surface area (Å²) in [6, 6.07) is 0. The normalized spacial score (nSPS) is 27.8. The van der Waals surface area contributed by atoms with E-state index in [4.69, 9.17) is 4.74 Å². The number of hydrogen-bond donors (Lipinski definition) is 0. The Hall–Kier alpha value is -0.0400. The summed E-state index contributed by atoms with van der Waals surface area (Å²) in [5.74, 6) is 0. The topological polar surface area (TPSA) is 9.23 Å². The van der Waals surface area contributed by atoms with Crippen LogP contribution in [0.25, 0.3) is 0 Å². The van der Waals surface area contributed by atoms with Gasteiger partial charge in [-0.05, 0) is 30.6 Å². The number of rotatable bonds is 2. The first kappa shape index (κ1) is 10.0. The average Bonchev–Trinajstić information content (AvgIpc) is 2.02. The molecule has 0 aromatic rings. The lowest BCUT2D eigenvalue weighted by Gasteiger charge is -2.34. The molecule has 0 radical (unpaired) electrons. The van der Waals surface area contributed by atoms with Crippen molar-refractivity contribution in [3.63, 3.8) is 0 Å². The first-order valence-corrected chi connectivity index (χ1v) is 5.01. The molecule has 0 bridgehead atoms. The third kappa shape index (κ3) is 1.66. The van der Waals surface area contributed by atoms with E-state index in [2.05, 4.69) is 34.6 Å². The van der Waals surface area contributed by atoms with E-state index in [0.717, 1.165) is 6.61 Å². The van der Waals surface area contributed by atoms with Crippen molar-refractivity contribution in [1.29, 1.82) is 0 Å². The van der Waals surface area contributed by atoms with Gasteiger partial charge in [0.2, 0.25) is 0 Å². The summed E-state index contributed by atoms with van der Waals surface area (Å²) in [5.41, 5.74) is 0.875. The van der Waals surface area contributed by atoms with Crippen LogP contribution in [0.5, 0.6) is 0 Å². The van der Waals surface area contributed by atoms with Gasteiger partial charge in [-0.2, -0.15) is 0 Å². The summed E-state index contributed by atoms with van der Waals surface area (Å²) in [4.78, 5) is 0. The Bertz CT molecular complexity index is 142. The lowest BCUT2D eigenvalue weighted by Crippen LogP contribution is -2.25. The third-order valence-corrected chi connectivity index (χ3v) is 3.71. The second kappa shape index (κ2) is 3.02. The van der Waals surface area contributed by atoms with Crippen LogP contribution in [-0.2, 0) is 4.74 Å². The van der Waals surface area contributed by atoms with Gasteiger partial charge in [-0.1, -0.05) is 27.7 Å². The molecule has 0 atom stereocenters. The Balaban J connectivity index is 2.61. The summed E-state index contributed by atoms with van der Waals surface area (Å²) in [7, 11) is 0. The summed E-state index contributed by atoms with van der Waals surface area (Å²) in [5, 5.41) is 0. The molecule has 72 valence electrons. The van der Waals surface area contributed by atoms with E-state index in [-0.39, 0.29) is 0 Å². The van der Waals surface area contributed by atoms with Crippen molar-refractivity contribution >= 4 is 0 Å². The van der Waals surface area contributed by atoms with Crippen molar-refractivity contribution < 1.29 is 4.74 Å². The van der Waals surface area contributed by atoms with E-state index in [9.17, 15) is 0 Å². The fraction of sp³-hybridized carbons (Fsp3) is 1.00. The largest absolute Gasteiger partial charge is 0.378 e. The van der Waals surface area contributed by atoms with E-state index < -0.39 is 0 Å². The van der Waals surface area contributed by atoms with Gasteiger partial charge in [0.05, 0.1) is 6.10 Å². The van der Waals surface area contributed by atoms with Crippen LogP contribution in [0.4, 0.5) is 0 Å². The molecule has 12 heavy (non-hydrogen) atoms. The van der Waals surface area contributed by atoms with E-state index in [1.807, 2.05) is 0 Å². The Morgan fingerprint density at radius 3 is 1.83 bits per heavy atom. The average molecular weight is 170 g/mol. The predicted octanol–water partition coefficient (Wildman–Crippen LogP) is 3.24. The lowest BCUT2D eigenvalue weighted by atomic mass is 9.71. The van der Waals surface area contributed by atoms with Crippen LogP contribution >= 0.6 is 0 Å². The van der Waals surface area contributed by atoms with Crippen molar-refractivity contribution in [2.24, 2.45) is 10.8 Å². The fourth-order valence-corrected chi connectivity index (χ4v) is 2.12. The van der Waals surface area contributed by atoms with Gasteiger partial charge in [0, 0.05) is 6.61 Å². The van der Waals surface area contributed by atoms with Crippen LogP contribution in [0, 0.1) is 10.8 Å². The second-order valence-electron chi connectivity index (χ2n) is 5.25. The minimum Gasteiger partial charge on any atom is -0.378 e. The smallest absolute Gasteiger partial charge is 0.0585 e. The van der Waals surface area contributed by atoms with E-state index in [1.54, 1.807) is 0 Å². The Morgan fingerprint density at radius 2 is 1.50 bits per heavy atom. The molecule has 1 fully saturated rings. The van der Waals surface area contributed by atoms with Crippen LogP contribution in [0.1, 0.15) is 47.5 Å². The van der Waals surface area contributed by atoms with Gasteiger partial charge in [0.15, 0.2) is 0 Å². The van der Waals surface area contributed by atoms with Gasteiger partial charge in [-0.25, -0.2) is 0 Å². The van der Waals surface area contributed by atoms with Crippen LogP contribution < -0.4 is 0 Å². The highest BCUT2D eigenvalue weighted by molar-refractivity contribution is 4.96. The molecule has 1 nitrogen and oxygen atoms in total. The van der Waals surface area contributed by atoms with Crippen molar-refractivity contribution in [2.45, 2.75) is 53.6 Å². The number of hydrogen-bond acceptors (Lipinski definition) is 1. The maximum absolute atomic E-state index is 5.67. The molecule has 0 N–H and O–H groups in total. The van der Waals surface area contributed by atoms with Crippen molar-refractivity contribution in [2.75, 3.05) is 6.61 Å². The summed E-state index contributed by atoms with van der Waals surface area (Å²) in [6.45, 7) is 12.4. The molecule has 0 aromatic carbocycles. The van der Waals surface area contributed by atoms with Gasteiger partial charge < -0.3 is 4.74 Å². The van der Waals surface area contributed by atoms with Crippen LogP contribution in [0.2, 0.25) is 0 Å². The zero-order valence-electron chi connectivity index (χ0n) is 9.11. The molecular weight excluding hydrogens is 148 g/mol. The first-order valence-electron chi connectivity index (χ1n) is 5.01. The second-order valence-corrected chi connectivity index (χ2v) is 5.25. The maximum Gasteiger partial charge on any atom is 0.0585 e. The Labute approximate surface area is 76.5 Å². The molecule has 1 aliphatic rings. The van der Waals surface area contributed by atoms with Gasteiger partial charge in [0.25, 0.3) is 0 Å². The maximum atomic E-state index is 5.67. The van der Waals surface area contributed by atoms with E-state index in [1.165, 1.54) is 12.8 Å². The Kier molecular flexibility index (Phi) is 2.53. The molecule has 0 spiro atoms. The van der Waals surface area contributed by atoms with Crippen molar-refractivity contribution in [3.8, 4) is 0 Å². The molecule has 0 amide bonds. The van der Waals surface area contributed by atoms with Gasteiger partial charge in [-0.15, -0.1) is 0 Å². The molecular formula is C11H22O. The SMILES string of the molecule is CCOC1CC(C)(C)C(C)(C)C1. The van der Waals surface area contributed by atoms with Crippen LogP contribution in [0.3, 0.4) is 0 Å². The van der Waals surface area contributed by atoms with E-state index in [0.29, 0.717) is 16.9 Å². The molecule has 0 unspecified atom stereocenters. The summed E-state index contributed by atoms with van der Waals surface area (Å²) in [6.07, 6.45) is 2.93. The van der Waals surface area contributed by atoms with Gasteiger partial charge in [0.1, 0.15) is 0 Å². The standard InChI is InChI=1S/C11H22O/c1-6-12-9-7-10(2,3)11(4,5)8-9/h9H,6-8H2,1-5H3. The van der Waals surface area contributed by atoms with Crippen molar-refractivity contribution in [1.82, 2.24) is 0 Å². The minimum atomic E-state index is 0.437. The highest BCUT2D eigenvalue weighted by Gasteiger charge is 2.46. The third-order valence-electron chi connectivity index (χ3n) is 3.71. The van der Waals surface area contributed by atoms with Crippen LogP contribution in [-0.4, -0.2) is 12.7 Å². The summed E-state index contributed by atoms with van der Waals surface area (Å²) < 4.78 is 5.67. The van der Waals surface area contributed by atoms with Gasteiger partial charge in [-0.3, -0.25) is 0 Å². The highest BCUT2D eigenvalue weighted by atomic mass is 16.5. The molecule has 1 aliphatic carbocycles. The van der Waals surface area contributed by atoms with E-state index >= 15 is 0 Å². The molecule has 1 saturated carbocycles. The van der Waals surface area contributed by atoms with Gasteiger partial charge >= 0.3 is 0 Å². The molecule has 0 saturated heterocycles. The first-order chi connectivity index (χ1) is 5.39. The quantitative estimate of drug-likeness (QED) is 0.618. The van der Waals surface area contributed by atoms with Crippen LogP contribution in [0.15, 0.2) is 0 Å². The monoisotopic (exact) mass is 170 g/mol. The zero-order chi connectivity index (χ0) is 9.41. The molecule has 0 aromatic heterocycles. The number of ether oxygens (including phenoxy) is 1. The zero-order valence-corrected chi connectivity index (χ0v) is 9.11. The highest BCUT2D eigenvalue weighted by Crippen LogP contribution is 2.52.